The highest BCUT2D eigenvalue weighted by atomic mass is 16.3. The number of hydrogen-bond acceptors (Lipinski definition) is 3. The van der Waals surface area contributed by atoms with Gasteiger partial charge in [-0.3, -0.25) is 4.90 Å². The lowest BCUT2D eigenvalue weighted by Gasteiger charge is -2.28. The van der Waals surface area contributed by atoms with E-state index in [2.05, 4.69) is 17.3 Å². The number of likely N-dealkylation sites (tertiary alicyclic amines) is 1. The van der Waals surface area contributed by atoms with Crippen LogP contribution in [0.1, 0.15) is 36.6 Å². The Morgan fingerprint density at radius 3 is 2.68 bits per heavy atom. The summed E-state index contributed by atoms with van der Waals surface area (Å²) in [7, 11) is 2.19. The summed E-state index contributed by atoms with van der Waals surface area (Å²) in [6.45, 7) is 1.62. The SMILES string of the molecule is CN1[C@H]2CC[C@H]1CN(C(=O)N[C@H](c1ccccc1)c1ccco1)CC2. The molecule has 3 heterocycles. The number of benzene rings is 1. The molecule has 25 heavy (non-hydrogen) atoms. The highest BCUT2D eigenvalue weighted by Gasteiger charge is 2.36. The van der Waals surface area contributed by atoms with Gasteiger partial charge in [0.1, 0.15) is 11.8 Å². The van der Waals surface area contributed by atoms with Crippen molar-refractivity contribution < 1.29 is 9.21 Å². The van der Waals surface area contributed by atoms with Gasteiger partial charge in [-0.25, -0.2) is 4.79 Å². The van der Waals surface area contributed by atoms with Crippen LogP contribution in [-0.4, -0.2) is 48.1 Å². The Kier molecular flexibility index (Phi) is 4.49. The molecule has 4 rings (SSSR count). The highest BCUT2D eigenvalue weighted by Crippen LogP contribution is 2.29. The van der Waals surface area contributed by atoms with Crippen LogP contribution in [0, 0.1) is 0 Å². The maximum atomic E-state index is 13.0. The molecule has 2 fully saturated rings. The predicted molar refractivity (Wildman–Crippen MR) is 96.3 cm³/mol. The summed E-state index contributed by atoms with van der Waals surface area (Å²) in [5, 5.41) is 3.18. The van der Waals surface area contributed by atoms with E-state index in [-0.39, 0.29) is 12.1 Å². The third kappa shape index (κ3) is 3.29. The number of urea groups is 1. The minimum absolute atomic E-state index is 0.00815. The van der Waals surface area contributed by atoms with Crippen molar-refractivity contribution in [3.05, 3.63) is 60.1 Å². The van der Waals surface area contributed by atoms with Crippen molar-refractivity contribution in [2.24, 2.45) is 0 Å². The summed E-state index contributed by atoms with van der Waals surface area (Å²) in [5.41, 5.74) is 1.03. The Hall–Kier alpha value is -2.27. The number of nitrogens with one attached hydrogen (secondary N) is 1. The summed E-state index contributed by atoms with van der Waals surface area (Å²) in [6, 6.07) is 14.6. The number of likely N-dealkylation sites (N-methyl/N-ethyl adjacent to an activating group) is 1. The van der Waals surface area contributed by atoms with E-state index in [9.17, 15) is 4.79 Å². The van der Waals surface area contributed by atoms with E-state index in [4.69, 9.17) is 4.42 Å². The van der Waals surface area contributed by atoms with E-state index < -0.39 is 0 Å². The van der Waals surface area contributed by atoms with Gasteiger partial charge < -0.3 is 14.6 Å². The van der Waals surface area contributed by atoms with E-state index in [0.29, 0.717) is 12.1 Å². The zero-order chi connectivity index (χ0) is 17.2. The van der Waals surface area contributed by atoms with Gasteiger partial charge in [-0.2, -0.15) is 0 Å². The highest BCUT2D eigenvalue weighted by molar-refractivity contribution is 5.75. The number of rotatable bonds is 3. The summed E-state index contributed by atoms with van der Waals surface area (Å²) in [5.74, 6) is 0.757. The first kappa shape index (κ1) is 16.2. The van der Waals surface area contributed by atoms with Gasteiger partial charge in [0.05, 0.1) is 6.26 Å². The molecule has 0 saturated carbocycles. The molecule has 0 unspecified atom stereocenters. The Balaban J connectivity index is 1.51. The zero-order valence-electron chi connectivity index (χ0n) is 14.6. The van der Waals surface area contributed by atoms with Crippen molar-refractivity contribution >= 4 is 6.03 Å². The maximum Gasteiger partial charge on any atom is 0.318 e. The van der Waals surface area contributed by atoms with Gasteiger partial charge in [-0.1, -0.05) is 30.3 Å². The van der Waals surface area contributed by atoms with Gasteiger partial charge >= 0.3 is 6.03 Å². The molecule has 2 aliphatic rings. The van der Waals surface area contributed by atoms with Crippen LogP contribution >= 0.6 is 0 Å². The fourth-order valence-electron chi connectivity index (χ4n) is 4.13. The zero-order valence-corrected chi connectivity index (χ0v) is 14.6. The number of hydrogen-bond donors (Lipinski definition) is 1. The van der Waals surface area contributed by atoms with Crippen LogP contribution in [-0.2, 0) is 0 Å². The van der Waals surface area contributed by atoms with E-state index in [0.717, 1.165) is 30.8 Å². The second-order valence-corrected chi connectivity index (χ2v) is 7.09. The number of amides is 2. The van der Waals surface area contributed by atoms with Gasteiger partial charge in [0.15, 0.2) is 0 Å². The van der Waals surface area contributed by atoms with E-state index in [1.165, 1.54) is 12.8 Å². The summed E-state index contributed by atoms with van der Waals surface area (Å²) < 4.78 is 5.59. The average molecular weight is 339 g/mol. The first-order valence-corrected chi connectivity index (χ1v) is 9.08. The van der Waals surface area contributed by atoms with Crippen molar-refractivity contribution in [2.75, 3.05) is 20.1 Å². The summed E-state index contributed by atoms with van der Waals surface area (Å²) in [4.78, 5) is 17.4. The van der Waals surface area contributed by atoms with E-state index in [1.54, 1.807) is 6.26 Å². The molecular weight excluding hydrogens is 314 g/mol. The predicted octanol–water partition coefficient (Wildman–Crippen LogP) is 3.25. The van der Waals surface area contributed by atoms with Crippen LogP contribution < -0.4 is 5.32 Å². The molecule has 0 aliphatic carbocycles. The van der Waals surface area contributed by atoms with Crippen LogP contribution in [0.4, 0.5) is 4.79 Å². The molecule has 2 bridgehead atoms. The van der Waals surface area contributed by atoms with Crippen molar-refractivity contribution in [1.82, 2.24) is 15.1 Å². The standard InChI is InChI=1S/C20H25N3O2/c1-22-16-9-10-17(22)14-23(12-11-16)20(24)21-19(18-8-5-13-25-18)15-6-3-2-4-7-15/h2-8,13,16-17,19H,9-12,14H2,1H3,(H,21,24)/t16-,17-,19+/m0/s1. The quantitative estimate of drug-likeness (QED) is 0.934. The van der Waals surface area contributed by atoms with Crippen LogP contribution in [0.2, 0.25) is 0 Å². The molecule has 5 nitrogen and oxygen atoms in total. The molecule has 0 radical (unpaired) electrons. The molecule has 2 aliphatic heterocycles. The van der Waals surface area contributed by atoms with Crippen LogP contribution in [0.15, 0.2) is 53.1 Å². The van der Waals surface area contributed by atoms with E-state index >= 15 is 0 Å². The number of nitrogens with zero attached hydrogens (tertiary/aromatic N) is 2. The largest absolute Gasteiger partial charge is 0.467 e. The summed E-state index contributed by atoms with van der Waals surface area (Å²) >= 11 is 0. The Labute approximate surface area is 148 Å². The lowest BCUT2D eigenvalue weighted by atomic mass is 10.0. The first-order valence-electron chi connectivity index (χ1n) is 9.08. The third-order valence-electron chi connectivity index (χ3n) is 5.66. The van der Waals surface area contributed by atoms with Gasteiger partial charge in [0, 0.05) is 25.2 Å². The lowest BCUT2D eigenvalue weighted by Crippen LogP contribution is -2.46. The number of carbonyl (C=O) groups is 1. The second kappa shape index (κ2) is 6.92. The summed E-state index contributed by atoms with van der Waals surface area (Å²) in [6.07, 6.45) is 5.15. The van der Waals surface area contributed by atoms with Crippen molar-refractivity contribution in [1.29, 1.82) is 0 Å². The fraction of sp³-hybridized carbons (Fsp3) is 0.450. The maximum absolute atomic E-state index is 13.0. The van der Waals surface area contributed by atoms with Crippen LogP contribution in [0.3, 0.4) is 0 Å². The number of fused-ring (bicyclic) bond motifs is 2. The molecule has 2 saturated heterocycles. The first-order chi connectivity index (χ1) is 12.2. The van der Waals surface area contributed by atoms with Gasteiger partial charge in [0.25, 0.3) is 0 Å². The lowest BCUT2D eigenvalue weighted by molar-refractivity contribution is 0.185. The number of carbonyl (C=O) groups excluding carboxylic acids is 1. The van der Waals surface area contributed by atoms with Crippen LogP contribution in [0.5, 0.6) is 0 Å². The third-order valence-corrected chi connectivity index (χ3v) is 5.66. The molecule has 1 N–H and O–H groups in total. The van der Waals surface area contributed by atoms with Gasteiger partial charge in [0.2, 0.25) is 0 Å². The molecule has 2 amide bonds. The van der Waals surface area contributed by atoms with E-state index in [1.807, 2.05) is 47.4 Å². The monoisotopic (exact) mass is 339 g/mol. The molecular formula is C20H25N3O2. The minimum atomic E-state index is -0.262. The van der Waals surface area contributed by atoms with Crippen molar-refractivity contribution in [3.8, 4) is 0 Å². The molecule has 1 aromatic heterocycles. The number of furan rings is 1. The average Bonchev–Trinajstić information content (AvgIpc) is 3.22. The Morgan fingerprint density at radius 2 is 1.92 bits per heavy atom. The molecule has 5 heteroatoms. The van der Waals surface area contributed by atoms with Crippen molar-refractivity contribution in [3.63, 3.8) is 0 Å². The van der Waals surface area contributed by atoms with Gasteiger partial charge in [-0.05, 0) is 44.0 Å². The minimum Gasteiger partial charge on any atom is -0.467 e. The van der Waals surface area contributed by atoms with Crippen molar-refractivity contribution in [2.45, 2.75) is 37.4 Å². The second-order valence-electron chi connectivity index (χ2n) is 7.09. The smallest absolute Gasteiger partial charge is 0.318 e. The molecule has 2 aromatic rings. The molecule has 132 valence electrons. The normalized spacial score (nSPS) is 24.8. The fourth-order valence-corrected chi connectivity index (χ4v) is 4.13. The van der Waals surface area contributed by atoms with Gasteiger partial charge in [-0.15, -0.1) is 0 Å². The molecule has 0 spiro atoms. The molecule has 1 aromatic carbocycles. The Morgan fingerprint density at radius 1 is 1.12 bits per heavy atom. The topological polar surface area (TPSA) is 48.7 Å². The Bertz CT molecular complexity index is 701. The van der Waals surface area contributed by atoms with Crippen LogP contribution in [0.25, 0.3) is 0 Å². The molecule has 3 atom stereocenters.